The topological polar surface area (TPSA) is 113 Å². The summed E-state index contributed by atoms with van der Waals surface area (Å²) in [6.07, 6.45) is 0.388. The zero-order valence-electron chi connectivity index (χ0n) is 11.4. The summed E-state index contributed by atoms with van der Waals surface area (Å²) in [5.41, 5.74) is 2.38. The van der Waals surface area contributed by atoms with Crippen LogP contribution in [-0.2, 0) is 0 Å². The van der Waals surface area contributed by atoms with Gasteiger partial charge < -0.3 is 9.64 Å². The van der Waals surface area contributed by atoms with E-state index in [1.807, 2.05) is 25.7 Å². The normalized spacial score (nSPS) is 10.1. The van der Waals surface area contributed by atoms with Gasteiger partial charge in [-0.15, -0.1) is 0 Å². The summed E-state index contributed by atoms with van der Waals surface area (Å²) >= 11 is 0. The molecule has 0 aliphatic heterocycles. The Morgan fingerprint density at radius 1 is 1.42 bits per heavy atom. The van der Waals surface area contributed by atoms with Gasteiger partial charge in [0.1, 0.15) is 0 Å². The van der Waals surface area contributed by atoms with Crippen molar-refractivity contribution in [2.45, 2.75) is 33.2 Å². The first-order valence-corrected chi connectivity index (χ1v) is 6.11. The zero-order chi connectivity index (χ0) is 14.3. The minimum absolute atomic E-state index is 0.149. The van der Waals surface area contributed by atoms with Crippen LogP contribution in [0.5, 0.6) is 6.01 Å². The van der Waals surface area contributed by atoms with Gasteiger partial charge in [-0.25, -0.2) is 5.84 Å². The minimum atomic E-state index is 0.149. The van der Waals surface area contributed by atoms with E-state index in [2.05, 4.69) is 26.4 Å². The van der Waals surface area contributed by atoms with E-state index in [0.29, 0.717) is 25.5 Å². The molecule has 104 valence electrons. The highest BCUT2D eigenvalue weighted by molar-refractivity contribution is 5.38. The Bertz CT molecular complexity index is 443. The van der Waals surface area contributed by atoms with Crippen molar-refractivity contribution in [3.05, 3.63) is 0 Å². The summed E-state index contributed by atoms with van der Waals surface area (Å²) in [5.74, 6) is 6.00. The van der Waals surface area contributed by atoms with Gasteiger partial charge in [0.15, 0.2) is 0 Å². The fourth-order valence-electron chi connectivity index (χ4n) is 1.49. The summed E-state index contributed by atoms with van der Waals surface area (Å²) in [4.78, 5) is 14.3. The second-order valence-corrected chi connectivity index (χ2v) is 4.01. The van der Waals surface area contributed by atoms with Gasteiger partial charge in [-0.05, 0) is 20.8 Å². The maximum atomic E-state index is 8.70. The Kier molecular flexibility index (Phi) is 5.75. The molecule has 8 nitrogen and oxygen atoms in total. The summed E-state index contributed by atoms with van der Waals surface area (Å²) in [6, 6.07) is 2.47. The molecular formula is C11H19N7O. The molecule has 0 aliphatic carbocycles. The molecule has 0 aliphatic rings. The molecule has 0 fully saturated rings. The number of hydrogen-bond acceptors (Lipinski definition) is 8. The number of ether oxygens (including phenoxy) is 1. The van der Waals surface area contributed by atoms with Crippen molar-refractivity contribution in [3.8, 4) is 12.1 Å². The number of rotatable bonds is 7. The molecule has 1 aromatic heterocycles. The molecule has 0 spiro atoms. The summed E-state index contributed by atoms with van der Waals surface area (Å²) in [6.45, 7) is 6.82. The van der Waals surface area contributed by atoms with Crippen LogP contribution >= 0.6 is 0 Å². The molecule has 0 amide bonds. The Morgan fingerprint density at radius 3 is 2.68 bits per heavy atom. The zero-order valence-corrected chi connectivity index (χ0v) is 11.4. The fraction of sp³-hybridized carbons (Fsp3) is 0.636. The van der Waals surface area contributed by atoms with Gasteiger partial charge in [0.05, 0.1) is 19.1 Å². The summed E-state index contributed by atoms with van der Waals surface area (Å²) < 4.78 is 5.27. The Labute approximate surface area is 112 Å². The van der Waals surface area contributed by atoms with Crippen LogP contribution in [0.1, 0.15) is 27.2 Å². The molecule has 19 heavy (non-hydrogen) atoms. The van der Waals surface area contributed by atoms with Crippen LogP contribution in [-0.4, -0.2) is 34.1 Å². The van der Waals surface area contributed by atoms with Crippen molar-refractivity contribution in [3.63, 3.8) is 0 Å². The third-order valence-corrected chi connectivity index (χ3v) is 2.35. The largest absolute Gasteiger partial charge is 0.464 e. The van der Waals surface area contributed by atoms with Crippen LogP contribution in [0.25, 0.3) is 0 Å². The number of nitriles is 1. The summed E-state index contributed by atoms with van der Waals surface area (Å²) in [7, 11) is 0. The van der Waals surface area contributed by atoms with Crippen molar-refractivity contribution in [2.75, 3.05) is 23.5 Å². The number of aromatic nitrogens is 3. The van der Waals surface area contributed by atoms with Gasteiger partial charge in [0, 0.05) is 12.6 Å². The van der Waals surface area contributed by atoms with Crippen LogP contribution in [0, 0.1) is 11.3 Å². The van der Waals surface area contributed by atoms with E-state index >= 15 is 0 Å². The van der Waals surface area contributed by atoms with Gasteiger partial charge >= 0.3 is 6.01 Å². The predicted molar refractivity (Wildman–Crippen MR) is 71.5 cm³/mol. The predicted octanol–water partition coefficient (Wildman–Crippen LogP) is 0.684. The second-order valence-electron chi connectivity index (χ2n) is 4.01. The van der Waals surface area contributed by atoms with Crippen LogP contribution in [0.4, 0.5) is 11.9 Å². The monoisotopic (exact) mass is 265 g/mol. The number of hydrogen-bond donors (Lipinski definition) is 2. The second kappa shape index (κ2) is 7.33. The molecule has 3 N–H and O–H groups in total. The Balaban J connectivity index is 3.06. The van der Waals surface area contributed by atoms with Crippen molar-refractivity contribution >= 4 is 11.9 Å². The Hall–Kier alpha value is -2.14. The smallest absolute Gasteiger partial charge is 0.323 e. The molecule has 8 heteroatoms. The molecule has 1 heterocycles. The average molecular weight is 265 g/mol. The Morgan fingerprint density at radius 2 is 2.16 bits per heavy atom. The molecule has 0 aromatic carbocycles. The van der Waals surface area contributed by atoms with E-state index < -0.39 is 0 Å². The van der Waals surface area contributed by atoms with Crippen molar-refractivity contribution in [1.82, 2.24) is 15.0 Å². The fourth-order valence-corrected chi connectivity index (χ4v) is 1.49. The first kappa shape index (κ1) is 14.9. The van der Waals surface area contributed by atoms with E-state index in [-0.39, 0.29) is 18.0 Å². The highest BCUT2D eigenvalue weighted by Crippen LogP contribution is 2.17. The van der Waals surface area contributed by atoms with Crippen LogP contribution in [0.2, 0.25) is 0 Å². The molecule has 0 atom stereocenters. The molecular weight excluding hydrogens is 246 g/mol. The lowest BCUT2D eigenvalue weighted by molar-refractivity contribution is 0.311. The molecule has 0 unspecified atom stereocenters. The molecule has 0 radical (unpaired) electrons. The molecule has 1 aromatic rings. The van der Waals surface area contributed by atoms with Crippen molar-refractivity contribution in [1.29, 1.82) is 5.26 Å². The van der Waals surface area contributed by atoms with Crippen molar-refractivity contribution in [2.24, 2.45) is 5.84 Å². The SMILES string of the molecule is CCOc1nc(NN)nc(N(CCC#N)C(C)C)n1. The third-order valence-electron chi connectivity index (χ3n) is 2.35. The highest BCUT2D eigenvalue weighted by atomic mass is 16.5. The number of nitrogens with two attached hydrogens (primary N) is 1. The third kappa shape index (κ3) is 4.22. The standard InChI is InChI=1S/C11H19N7O/c1-4-19-11-15-9(17-13)14-10(16-11)18(8(2)3)7-5-6-12/h8H,4-5,7,13H2,1-3H3,(H,14,15,16,17). The number of anilines is 2. The number of nitrogens with one attached hydrogen (secondary N) is 1. The maximum Gasteiger partial charge on any atom is 0.323 e. The summed E-state index contributed by atoms with van der Waals surface area (Å²) in [5, 5.41) is 8.70. The van der Waals surface area contributed by atoms with Gasteiger partial charge in [0.25, 0.3) is 0 Å². The van der Waals surface area contributed by atoms with E-state index in [9.17, 15) is 0 Å². The number of hydrazine groups is 1. The lowest BCUT2D eigenvalue weighted by atomic mass is 10.3. The highest BCUT2D eigenvalue weighted by Gasteiger charge is 2.16. The first-order valence-electron chi connectivity index (χ1n) is 6.11. The molecule has 0 saturated carbocycles. The van der Waals surface area contributed by atoms with E-state index in [0.717, 1.165) is 0 Å². The average Bonchev–Trinajstić information content (AvgIpc) is 2.39. The maximum absolute atomic E-state index is 8.70. The van der Waals surface area contributed by atoms with Gasteiger partial charge in [-0.2, -0.15) is 20.2 Å². The van der Waals surface area contributed by atoms with E-state index in [4.69, 9.17) is 15.8 Å². The van der Waals surface area contributed by atoms with Gasteiger partial charge in [-0.1, -0.05) is 0 Å². The van der Waals surface area contributed by atoms with E-state index in [1.54, 1.807) is 0 Å². The number of nitrogens with zero attached hydrogens (tertiary/aromatic N) is 5. The lowest BCUT2D eigenvalue weighted by Gasteiger charge is -2.25. The van der Waals surface area contributed by atoms with Crippen LogP contribution < -0.4 is 20.9 Å². The van der Waals surface area contributed by atoms with Gasteiger partial charge in [0.2, 0.25) is 11.9 Å². The van der Waals surface area contributed by atoms with E-state index in [1.165, 1.54) is 0 Å². The first-order chi connectivity index (χ1) is 9.12. The quantitative estimate of drug-likeness (QED) is 0.546. The van der Waals surface area contributed by atoms with Crippen LogP contribution in [0.3, 0.4) is 0 Å². The molecule has 0 bridgehead atoms. The minimum Gasteiger partial charge on any atom is -0.464 e. The van der Waals surface area contributed by atoms with Crippen LogP contribution in [0.15, 0.2) is 0 Å². The lowest BCUT2D eigenvalue weighted by Crippen LogP contribution is -2.33. The van der Waals surface area contributed by atoms with Crippen molar-refractivity contribution < 1.29 is 4.74 Å². The molecule has 0 saturated heterocycles. The molecule has 1 rings (SSSR count). The number of nitrogen functional groups attached to an aromatic ring is 1. The van der Waals surface area contributed by atoms with Gasteiger partial charge in [-0.3, -0.25) is 5.43 Å².